The van der Waals surface area contributed by atoms with Crippen LogP contribution >= 0.6 is 11.6 Å². The van der Waals surface area contributed by atoms with E-state index in [1.807, 2.05) is 13.8 Å². The van der Waals surface area contributed by atoms with E-state index in [1.165, 1.54) is 36.8 Å². The minimum absolute atomic E-state index is 0.0254. The minimum Gasteiger partial charge on any atom is -0.382 e. The first-order chi connectivity index (χ1) is 9.09. The van der Waals surface area contributed by atoms with Crippen molar-refractivity contribution in [1.82, 2.24) is 9.78 Å². The van der Waals surface area contributed by atoms with Gasteiger partial charge in [0.25, 0.3) is 5.56 Å². The van der Waals surface area contributed by atoms with Crippen molar-refractivity contribution in [3.8, 4) is 0 Å². The minimum atomic E-state index is -0.217. The van der Waals surface area contributed by atoms with Crippen molar-refractivity contribution in [2.75, 3.05) is 11.9 Å². The largest absolute Gasteiger partial charge is 0.382 e. The first kappa shape index (κ1) is 14.4. The second kappa shape index (κ2) is 6.42. The van der Waals surface area contributed by atoms with Crippen molar-refractivity contribution in [2.24, 2.45) is 5.92 Å². The van der Waals surface area contributed by atoms with Crippen LogP contribution in [-0.2, 0) is 0 Å². The summed E-state index contributed by atoms with van der Waals surface area (Å²) in [4.78, 5) is 12.0. The van der Waals surface area contributed by atoms with Gasteiger partial charge in [0, 0.05) is 6.54 Å². The summed E-state index contributed by atoms with van der Waals surface area (Å²) in [6.45, 7) is 4.71. The van der Waals surface area contributed by atoms with Gasteiger partial charge in [-0.05, 0) is 32.6 Å². The molecule has 4 nitrogen and oxygen atoms in total. The molecule has 2 rings (SSSR count). The highest BCUT2D eigenvalue weighted by molar-refractivity contribution is 6.32. The van der Waals surface area contributed by atoms with E-state index in [9.17, 15) is 4.79 Å². The van der Waals surface area contributed by atoms with E-state index in [0.29, 0.717) is 11.6 Å². The van der Waals surface area contributed by atoms with Crippen LogP contribution in [0.1, 0.15) is 52.0 Å². The summed E-state index contributed by atoms with van der Waals surface area (Å²) in [6, 6.07) is 0.0254. The molecule has 0 atom stereocenters. The van der Waals surface area contributed by atoms with Crippen LogP contribution in [0.2, 0.25) is 5.02 Å². The molecule has 1 aliphatic rings. The van der Waals surface area contributed by atoms with Crippen molar-refractivity contribution in [3.63, 3.8) is 0 Å². The second-order valence-corrected chi connectivity index (χ2v) is 5.98. The quantitative estimate of drug-likeness (QED) is 0.920. The van der Waals surface area contributed by atoms with Gasteiger partial charge in [-0.1, -0.05) is 30.9 Å². The monoisotopic (exact) mass is 283 g/mol. The van der Waals surface area contributed by atoms with E-state index < -0.39 is 0 Å². The number of nitrogens with zero attached hydrogens (tertiary/aromatic N) is 2. The highest BCUT2D eigenvalue weighted by atomic mass is 35.5. The molecule has 1 fully saturated rings. The van der Waals surface area contributed by atoms with Gasteiger partial charge in [-0.2, -0.15) is 5.10 Å². The molecule has 19 heavy (non-hydrogen) atoms. The fourth-order valence-corrected chi connectivity index (χ4v) is 2.78. The number of halogens is 1. The molecular weight excluding hydrogens is 262 g/mol. The van der Waals surface area contributed by atoms with Gasteiger partial charge >= 0.3 is 0 Å². The van der Waals surface area contributed by atoms with Gasteiger partial charge in [-0.3, -0.25) is 4.79 Å². The third-order valence-corrected chi connectivity index (χ3v) is 4.10. The summed E-state index contributed by atoms with van der Waals surface area (Å²) in [5.74, 6) is 0.692. The summed E-state index contributed by atoms with van der Waals surface area (Å²) < 4.78 is 1.41. The lowest BCUT2D eigenvalue weighted by atomic mass is 9.89. The number of anilines is 1. The van der Waals surface area contributed by atoms with Crippen molar-refractivity contribution in [2.45, 2.75) is 52.0 Å². The first-order valence-electron chi connectivity index (χ1n) is 7.10. The molecule has 0 unspecified atom stereocenters. The fourth-order valence-electron chi connectivity index (χ4n) is 2.58. The van der Waals surface area contributed by atoms with Crippen molar-refractivity contribution < 1.29 is 0 Å². The van der Waals surface area contributed by atoms with Crippen LogP contribution in [-0.4, -0.2) is 16.3 Å². The van der Waals surface area contributed by atoms with Crippen LogP contribution < -0.4 is 10.9 Å². The number of rotatable bonds is 4. The lowest BCUT2D eigenvalue weighted by Crippen LogP contribution is -2.26. The average Bonchev–Trinajstić information content (AvgIpc) is 2.41. The van der Waals surface area contributed by atoms with Crippen molar-refractivity contribution >= 4 is 17.3 Å². The number of aromatic nitrogens is 2. The zero-order chi connectivity index (χ0) is 13.8. The smallest absolute Gasteiger partial charge is 0.287 e. The second-order valence-electron chi connectivity index (χ2n) is 5.60. The lowest BCUT2D eigenvalue weighted by Gasteiger charge is -2.22. The van der Waals surface area contributed by atoms with E-state index in [-0.39, 0.29) is 16.6 Å². The Morgan fingerprint density at radius 2 is 2.11 bits per heavy atom. The zero-order valence-electron chi connectivity index (χ0n) is 11.7. The predicted molar refractivity (Wildman–Crippen MR) is 79.0 cm³/mol. The average molecular weight is 284 g/mol. The fraction of sp³-hybridized carbons (Fsp3) is 0.714. The third kappa shape index (κ3) is 3.50. The van der Waals surface area contributed by atoms with Crippen LogP contribution in [0.3, 0.4) is 0 Å². The molecule has 5 heteroatoms. The van der Waals surface area contributed by atoms with Crippen LogP contribution in [0, 0.1) is 5.92 Å². The van der Waals surface area contributed by atoms with E-state index >= 15 is 0 Å². The maximum atomic E-state index is 12.0. The topological polar surface area (TPSA) is 46.9 Å². The Labute approximate surface area is 119 Å². The Morgan fingerprint density at radius 1 is 1.42 bits per heavy atom. The van der Waals surface area contributed by atoms with Crippen molar-refractivity contribution in [3.05, 3.63) is 21.6 Å². The van der Waals surface area contributed by atoms with Crippen LogP contribution in [0.5, 0.6) is 0 Å². The van der Waals surface area contributed by atoms with Gasteiger partial charge in [0.05, 0.1) is 17.9 Å². The van der Waals surface area contributed by atoms with E-state index in [0.717, 1.165) is 6.54 Å². The molecule has 0 aliphatic heterocycles. The molecule has 1 aromatic heterocycles. The van der Waals surface area contributed by atoms with Gasteiger partial charge in [0.15, 0.2) is 0 Å². The molecule has 1 heterocycles. The van der Waals surface area contributed by atoms with Gasteiger partial charge in [-0.15, -0.1) is 0 Å². The zero-order valence-corrected chi connectivity index (χ0v) is 12.4. The van der Waals surface area contributed by atoms with Gasteiger partial charge < -0.3 is 5.32 Å². The number of hydrogen-bond acceptors (Lipinski definition) is 3. The molecular formula is C14H22ClN3O. The Hall–Kier alpha value is -1.03. The Balaban J connectivity index is 2.04. The summed E-state index contributed by atoms with van der Waals surface area (Å²) >= 11 is 6.12. The first-order valence-corrected chi connectivity index (χ1v) is 7.48. The normalized spacial score (nSPS) is 16.8. The van der Waals surface area contributed by atoms with E-state index in [2.05, 4.69) is 10.4 Å². The molecule has 0 amide bonds. The molecule has 1 saturated carbocycles. The summed E-state index contributed by atoms with van der Waals surface area (Å²) in [5.41, 5.74) is 0.444. The molecule has 0 saturated heterocycles. The third-order valence-electron chi connectivity index (χ3n) is 3.74. The molecule has 0 radical (unpaired) electrons. The molecule has 0 aromatic carbocycles. The summed E-state index contributed by atoms with van der Waals surface area (Å²) in [7, 11) is 0. The molecule has 0 spiro atoms. The number of hydrogen-bond donors (Lipinski definition) is 1. The van der Waals surface area contributed by atoms with Gasteiger partial charge in [0.1, 0.15) is 5.02 Å². The van der Waals surface area contributed by atoms with Gasteiger partial charge in [0.2, 0.25) is 0 Å². The van der Waals surface area contributed by atoms with Crippen LogP contribution in [0.15, 0.2) is 11.0 Å². The molecule has 1 N–H and O–H groups in total. The Morgan fingerprint density at radius 3 is 2.74 bits per heavy atom. The molecule has 1 aromatic rings. The highest BCUT2D eigenvalue weighted by Crippen LogP contribution is 2.25. The number of nitrogens with one attached hydrogen (secondary N) is 1. The maximum Gasteiger partial charge on any atom is 0.287 e. The standard InChI is InChI=1S/C14H22ClN3O/c1-10(2)18-14(19)13(15)12(9-17-18)16-8-11-6-4-3-5-7-11/h9-11,16H,3-8H2,1-2H3. The van der Waals surface area contributed by atoms with E-state index in [1.54, 1.807) is 6.20 Å². The van der Waals surface area contributed by atoms with Crippen molar-refractivity contribution in [1.29, 1.82) is 0 Å². The molecule has 106 valence electrons. The van der Waals surface area contributed by atoms with Crippen LogP contribution in [0.25, 0.3) is 0 Å². The maximum absolute atomic E-state index is 12.0. The van der Waals surface area contributed by atoms with E-state index in [4.69, 9.17) is 11.6 Å². The van der Waals surface area contributed by atoms with Crippen LogP contribution in [0.4, 0.5) is 5.69 Å². The Kier molecular flexibility index (Phi) is 4.86. The highest BCUT2D eigenvalue weighted by Gasteiger charge is 2.15. The predicted octanol–water partition coefficient (Wildman–Crippen LogP) is 3.47. The Bertz CT molecular complexity index is 478. The SMILES string of the molecule is CC(C)n1ncc(NCC2CCCCC2)c(Cl)c1=O. The summed E-state index contributed by atoms with van der Waals surface area (Å²) in [6.07, 6.45) is 8.17. The molecule has 0 bridgehead atoms. The lowest BCUT2D eigenvalue weighted by molar-refractivity contribution is 0.373. The molecule has 1 aliphatic carbocycles. The van der Waals surface area contributed by atoms with Gasteiger partial charge in [-0.25, -0.2) is 4.68 Å². The summed E-state index contributed by atoms with van der Waals surface area (Å²) in [5, 5.41) is 7.69.